The molecule has 0 bridgehead atoms. The first-order valence-electron chi connectivity index (χ1n) is 4.51. The molecule has 0 saturated heterocycles. The predicted molar refractivity (Wildman–Crippen MR) is 61.7 cm³/mol. The molecule has 0 unspecified atom stereocenters. The van der Waals surface area contributed by atoms with Gasteiger partial charge >= 0.3 is 0 Å². The Labute approximate surface area is 86.2 Å². The Bertz CT molecular complexity index is 364. The normalized spacial score (nSPS) is 10.8. The number of hydrogen-bond donors (Lipinski definition) is 0. The van der Waals surface area contributed by atoms with Crippen molar-refractivity contribution in [3.63, 3.8) is 0 Å². The van der Waals surface area contributed by atoms with Gasteiger partial charge in [0.25, 0.3) is 0 Å². The molecule has 0 aromatic heterocycles. The lowest BCUT2D eigenvalue weighted by Gasteiger charge is -1.89. The van der Waals surface area contributed by atoms with Crippen molar-refractivity contribution in [2.45, 2.75) is 13.8 Å². The van der Waals surface area contributed by atoms with Crippen LogP contribution < -0.4 is 0 Å². The zero-order valence-electron chi connectivity index (χ0n) is 8.77. The monoisotopic (exact) mass is 212 g/mol. The maximum absolute atomic E-state index is 10.7. The summed E-state index contributed by atoms with van der Waals surface area (Å²) in [4.78, 5) is 0. The lowest BCUT2D eigenvalue weighted by atomic mass is 10.2. The lowest BCUT2D eigenvalue weighted by molar-refractivity contribution is 0.610. The van der Waals surface area contributed by atoms with Crippen LogP contribution in [0.15, 0.2) is 35.7 Å². The Morgan fingerprint density at radius 1 is 1.07 bits per heavy atom. The summed E-state index contributed by atoms with van der Waals surface area (Å²) in [7, 11) is -3.00. The molecule has 1 rings (SSSR count). The minimum absolute atomic E-state index is 0.892. The van der Waals surface area contributed by atoms with E-state index in [4.69, 9.17) is 0 Å². The summed E-state index contributed by atoms with van der Waals surface area (Å²) in [5.74, 6) is 0. The smallest absolute Gasteiger partial charge is 0.168 e. The quantitative estimate of drug-likeness (QED) is 0.755. The van der Waals surface area contributed by atoms with Crippen molar-refractivity contribution in [2.24, 2.45) is 0 Å². The van der Waals surface area contributed by atoms with E-state index in [-0.39, 0.29) is 0 Å². The van der Waals surface area contributed by atoms with Crippen molar-refractivity contribution in [3.8, 4) is 0 Å². The standard InChI is InChI=1S/C9H10O2S.C2H6/c1-12(10,11)8-7-9-5-3-2-4-6-9;1-2/h2-8H,1H3;1-2H3. The molecule has 0 saturated carbocycles. The summed E-state index contributed by atoms with van der Waals surface area (Å²) in [6, 6.07) is 9.31. The van der Waals surface area contributed by atoms with Crippen LogP contribution >= 0.6 is 0 Å². The van der Waals surface area contributed by atoms with Crippen molar-refractivity contribution in [2.75, 3.05) is 6.26 Å². The highest BCUT2D eigenvalue weighted by molar-refractivity contribution is 7.93. The predicted octanol–water partition coefficient (Wildman–Crippen LogP) is 2.73. The Balaban J connectivity index is 0.000000791. The van der Waals surface area contributed by atoms with Crippen LogP contribution in [0, 0.1) is 0 Å². The first kappa shape index (κ1) is 12.9. The Hall–Kier alpha value is -1.09. The van der Waals surface area contributed by atoms with Gasteiger partial charge in [-0.25, -0.2) is 8.42 Å². The Morgan fingerprint density at radius 2 is 1.57 bits per heavy atom. The summed E-state index contributed by atoms with van der Waals surface area (Å²) in [6.45, 7) is 4.00. The summed E-state index contributed by atoms with van der Waals surface area (Å²) in [5.41, 5.74) is 0.892. The highest BCUT2D eigenvalue weighted by Gasteiger charge is 1.91. The topological polar surface area (TPSA) is 34.1 Å². The van der Waals surface area contributed by atoms with E-state index in [1.54, 1.807) is 6.08 Å². The van der Waals surface area contributed by atoms with Crippen LogP contribution in [0.1, 0.15) is 19.4 Å². The molecule has 0 aliphatic rings. The molecule has 78 valence electrons. The molecule has 2 nitrogen and oxygen atoms in total. The van der Waals surface area contributed by atoms with Crippen molar-refractivity contribution >= 4 is 15.9 Å². The lowest BCUT2D eigenvalue weighted by Crippen LogP contribution is -1.87. The van der Waals surface area contributed by atoms with Gasteiger partial charge in [-0.05, 0) is 11.6 Å². The van der Waals surface area contributed by atoms with E-state index in [2.05, 4.69) is 0 Å². The fourth-order valence-corrected chi connectivity index (χ4v) is 1.17. The van der Waals surface area contributed by atoms with Crippen molar-refractivity contribution in [1.29, 1.82) is 0 Å². The summed E-state index contributed by atoms with van der Waals surface area (Å²) in [6.07, 6.45) is 2.75. The van der Waals surface area contributed by atoms with Crippen LogP contribution in [0.4, 0.5) is 0 Å². The van der Waals surface area contributed by atoms with Gasteiger partial charge in [0.1, 0.15) is 0 Å². The van der Waals surface area contributed by atoms with Gasteiger partial charge in [-0.1, -0.05) is 44.2 Å². The van der Waals surface area contributed by atoms with E-state index in [9.17, 15) is 8.42 Å². The first-order chi connectivity index (χ1) is 6.58. The van der Waals surface area contributed by atoms with Crippen molar-refractivity contribution in [3.05, 3.63) is 41.3 Å². The van der Waals surface area contributed by atoms with E-state index in [0.29, 0.717) is 0 Å². The molecule has 0 aliphatic carbocycles. The molecule has 0 spiro atoms. The fraction of sp³-hybridized carbons (Fsp3) is 0.273. The second-order valence-electron chi connectivity index (χ2n) is 2.54. The molecule has 3 heteroatoms. The maximum atomic E-state index is 10.7. The molecular weight excluding hydrogens is 196 g/mol. The van der Waals surface area contributed by atoms with Crippen LogP contribution in [0.5, 0.6) is 0 Å². The molecule has 0 radical (unpaired) electrons. The minimum Gasteiger partial charge on any atom is -0.225 e. The average Bonchev–Trinajstić information content (AvgIpc) is 2.19. The number of hydrogen-bond acceptors (Lipinski definition) is 2. The molecule has 0 N–H and O–H groups in total. The van der Waals surface area contributed by atoms with Crippen molar-refractivity contribution < 1.29 is 8.42 Å². The third kappa shape index (κ3) is 6.43. The second-order valence-corrected chi connectivity index (χ2v) is 4.47. The van der Waals surface area contributed by atoms with Gasteiger partial charge in [-0.2, -0.15) is 0 Å². The molecule has 0 amide bonds. The van der Waals surface area contributed by atoms with Gasteiger partial charge in [-0.3, -0.25) is 0 Å². The van der Waals surface area contributed by atoms with Crippen molar-refractivity contribution in [1.82, 2.24) is 0 Å². The molecule has 0 fully saturated rings. The van der Waals surface area contributed by atoms with Gasteiger partial charge < -0.3 is 0 Å². The van der Waals surface area contributed by atoms with Crippen LogP contribution in [0.2, 0.25) is 0 Å². The zero-order valence-corrected chi connectivity index (χ0v) is 9.58. The molecule has 1 aromatic rings. The van der Waals surface area contributed by atoms with Gasteiger partial charge in [0.2, 0.25) is 0 Å². The molecule has 0 aliphatic heterocycles. The molecule has 14 heavy (non-hydrogen) atoms. The molecule has 0 atom stereocenters. The van der Waals surface area contributed by atoms with E-state index in [1.807, 2.05) is 44.2 Å². The third-order valence-electron chi connectivity index (χ3n) is 1.31. The molecule has 0 heterocycles. The van der Waals surface area contributed by atoms with Gasteiger partial charge in [0.05, 0.1) is 0 Å². The number of sulfone groups is 1. The third-order valence-corrected chi connectivity index (χ3v) is 1.94. The first-order valence-corrected chi connectivity index (χ1v) is 6.46. The minimum atomic E-state index is -3.00. The van der Waals surface area contributed by atoms with Gasteiger partial charge in [-0.15, -0.1) is 0 Å². The number of rotatable bonds is 2. The zero-order chi connectivity index (χ0) is 11.0. The highest BCUT2D eigenvalue weighted by atomic mass is 32.2. The Kier molecular flexibility index (Phi) is 5.88. The van der Waals surface area contributed by atoms with E-state index < -0.39 is 9.84 Å². The summed E-state index contributed by atoms with van der Waals surface area (Å²) < 4.78 is 21.4. The van der Waals surface area contributed by atoms with Gasteiger partial charge in [0.15, 0.2) is 9.84 Å². The number of benzene rings is 1. The van der Waals surface area contributed by atoms with Crippen LogP contribution in [-0.2, 0) is 9.84 Å². The summed E-state index contributed by atoms with van der Waals surface area (Å²) in [5, 5.41) is 1.20. The van der Waals surface area contributed by atoms with E-state index >= 15 is 0 Å². The second kappa shape index (κ2) is 6.38. The highest BCUT2D eigenvalue weighted by Crippen LogP contribution is 2.01. The average molecular weight is 212 g/mol. The van der Waals surface area contributed by atoms with E-state index in [0.717, 1.165) is 5.56 Å². The largest absolute Gasteiger partial charge is 0.225 e. The maximum Gasteiger partial charge on any atom is 0.168 e. The van der Waals surface area contributed by atoms with Gasteiger partial charge in [0, 0.05) is 11.7 Å². The van der Waals surface area contributed by atoms with E-state index in [1.165, 1.54) is 11.7 Å². The SMILES string of the molecule is CC.CS(=O)(=O)C=Cc1ccccc1. The molecule has 1 aromatic carbocycles. The molecular formula is C11H16O2S. The Morgan fingerprint density at radius 3 is 2.00 bits per heavy atom. The van der Waals surface area contributed by atoms with Crippen LogP contribution in [0.25, 0.3) is 6.08 Å². The van der Waals surface area contributed by atoms with Crippen LogP contribution in [0.3, 0.4) is 0 Å². The fourth-order valence-electron chi connectivity index (χ4n) is 0.766. The van der Waals surface area contributed by atoms with Crippen LogP contribution in [-0.4, -0.2) is 14.7 Å². The summed E-state index contributed by atoms with van der Waals surface area (Å²) >= 11 is 0.